The van der Waals surface area contributed by atoms with E-state index in [1.54, 1.807) is 26.2 Å². The van der Waals surface area contributed by atoms with Crippen LogP contribution >= 0.6 is 0 Å². The summed E-state index contributed by atoms with van der Waals surface area (Å²) in [6.45, 7) is 0.433. The number of fused-ring (bicyclic) bond motifs is 1. The van der Waals surface area contributed by atoms with Crippen LogP contribution in [0.2, 0.25) is 0 Å². The first kappa shape index (κ1) is 18.6. The summed E-state index contributed by atoms with van der Waals surface area (Å²) in [5.74, 6) is 2.09. The lowest BCUT2D eigenvalue weighted by molar-refractivity contribution is -0.132. The average Bonchev–Trinajstić information content (AvgIpc) is 2.71. The summed E-state index contributed by atoms with van der Waals surface area (Å²) in [5, 5.41) is 2.09. The Labute approximate surface area is 159 Å². The number of methoxy groups -OCH3 is 2. The normalized spacial score (nSPS) is 10.5. The molecule has 1 amide bonds. The number of carbonyl (C=O) groups is 1. The molecule has 0 spiro atoms. The van der Waals surface area contributed by atoms with Gasteiger partial charge in [0.15, 0.2) is 6.61 Å². The molecule has 3 aromatic rings. The molecule has 0 fully saturated rings. The minimum absolute atomic E-state index is 0.0267. The first-order valence-electron chi connectivity index (χ1n) is 8.67. The van der Waals surface area contributed by atoms with E-state index in [0.29, 0.717) is 12.3 Å². The predicted octanol–water partition coefficient (Wildman–Crippen LogP) is 3.89. The first-order valence-corrected chi connectivity index (χ1v) is 8.67. The molecule has 5 heteroatoms. The summed E-state index contributed by atoms with van der Waals surface area (Å²) >= 11 is 0. The number of ether oxygens (including phenoxy) is 3. The minimum atomic E-state index is -0.105. The van der Waals surface area contributed by atoms with Gasteiger partial charge in [0, 0.05) is 19.2 Å². The molecule has 27 heavy (non-hydrogen) atoms. The smallest absolute Gasteiger partial charge is 0.260 e. The van der Waals surface area contributed by atoms with Gasteiger partial charge in [-0.1, -0.05) is 30.3 Å². The molecular formula is C22H23NO4. The zero-order valence-corrected chi connectivity index (χ0v) is 15.8. The monoisotopic (exact) mass is 365 g/mol. The fourth-order valence-corrected chi connectivity index (χ4v) is 2.85. The summed E-state index contributed by atoms with van der Waals surface area (Å²) in [6, 6.07) is 19.2. The highest BCUT2D eigenvalue weighted by Crippen LogP contribution is 2.25. The Kier molecular flexibility index (Phi) is 5.81. The van der Waals surface area contributed by atoms with Gasteiger partial charge in [-0.05, 0) is 41.1 Å². The molecule has 0 N–H and O–H groups in total. The summed E-state index contributed by atoms with van der Waals surface area (Å²) in [6.07, 6.45) is 0. The van der Waals surface area contributed by atoms with Crippen molar-refractivity contribution in [3.05, 3.63) is 66.2 Å². The molecule has 0 atom stereocenters. The molecular weight excluding hydrogens is 342 g/mol. The second kappa shape index (κ2) is 8.45. The summed E-state index contributed by atoms with van der Waals surface area (Å²) < 4.78 is 16.3. The highest BCUT2D eigenvalue weighted by atomic mass is 16.5. The lowest BCUT2D eigenvalue weighted by Crippen LogP contribution is -2.31. The van der Waals surface area contributed by atoms with Crippen LogP contribution in [0.15, 0.2) is 60.7 Å². The molecule has 0 unspecified atom stereocenters. The lowest BCUT2D eigenvalue weighted by atomic mass is 10.1. The number of benzene rings is 3. The van der Waals surface area contributed by atoms with Crippen molar-refractivity contribution in [1.82, 2.24) is 4.90 Å². The highest BCUT2D eigenvalue weighted by Gasteiger charge is 2.13. The Hall–Kier alpha value is -3.21. The van der Waals surface area contributed by atoms with Crippen molar-refractivity contribution in [2.24, 2.45) is 0 Å². The average molecular weight is 365 g/mol. The van der Waals surface area contributed by atoms with E-state index in [9.17, 15) is 4.79 Å². The third kappa shape index (κ3) is 4.50. The van der Waals surface area contributed by atoms with Gasteiger partial charge in [-0.3, -0.25) is 4.79 Å². The van der Waals surface area contributed by atoms with E-state index in [4.69, 9.17) is 14.2 Å². The van der Waals surface area contributed by atoms with Crippen molar-refractivity contribution in [1.29, 1.82) is 0 Å². The van der Waals surface area contributed by atoms with E-state index in [2.05, 4.69) is 0 Å². The van der Waals surface area contributed by atoms with E-state index in [1.165, 1.54) is 0 Å². The maximum atomic E-state index is 12.4. The summed E-state index contributed by atoms with van der Waals surface area (Å²) in [5.41, 5.74) is 0.952. The number of amides is 1. The first-order chi connectivity index (χ1) is 13.1. The predicted molar refractivity (Wildman–Crippen MR) is 105 cm³/mol. The van der Waals surface area contributed by atoms with Gasteiger partial charge in [-0.2, -0.15) is 0 Å². The van der Waals surface area contributed by atoms with Crippen molar-refractivity contribution in [2.45, 2.75) is 6.54 Å². The molecule has 5 nitrogen and oxygen atoms in total. The quantitative estimate of drug-likeness (QED) is 0.637. The molecule has 0 aliphatic rings. The molecule has 3 aromatic carbocycles. The Morgan fingerprint density at radius 2 is 1.59 bits per heavy atom. The largest absolute Gasteiger partial charge is 0.497 e. The molecule has 0 radical (unpaired) electrons. The number of nitrogens with zero attached hydrogens (tertiary/aromatic N) is 1. The van der Waals surface area contributed by atoms with Crippen molar-refractivity contribution in [2.75, 3.05) is 27.9 Å². The molecule has 140 valence electrons. The van der Waals surface area contributed by atoms with Crippen LogP contribution in [0.5, 0.6) is 17.2 Å². The van der Waals surface area contributed by atoms with E-state index in [0.717, 1.165) is 27.8 Å². The Morgan fingerprint density at radius 1 is 0.889 bits per heavy atom. The van der Waals surface area contributed by atoms with Gasteiger partial charge in [-0.25, -0.2) is 0 Å². The highest BCUT2D eigenvalue weighted by molar-refractivity contribution is 5.85. The topological polar surface area (TPSA) is 48.0 Å². The van der Waals surface area contributed by atoms with Crippen molar-refractivity contribution in [3.63, 3.8) is 0 Å². The van der Waals surface area contributed by atoms with Crippen LogP contribution in [0.3, 0.4) is 0 Å². The van der Waals surface area contributed by atoms with E-state index < -0.39 is 0 Å². The molecule has 0 aliphatic carbocycles. The van der Waals surface area contributed by atoms with Crippen molar-refractivity contribution < 1.29 is 19.0 Å². The Morgan fingerprint density at radius 3 is 2.33 bits per heavy atom. The maximum absolute atomic E-state index is 12.4. The van der Waals surface area contributed by atoms with Crippen LogP contribution in [-0.4, -0.2) is 38.7 Å². The van der Waals surface area contributed by atoms with Crippen molar-refractivity contribution in [3.8, 4) is 17.2 Å². The fraction of sp³-hybridized carbons (Fsp3) is 0.227. The van der Waals surface area contributed by atoms with Crippen LogP contribution < -0.4 is 14.2 Å². The molecule has 3 rings (SSSR count). The number of hydrogen-bond donors (Lipinski definition) is 0. The fourth-order valence-electron chi connectivity index (χ4n) is 2.85. The van der Waals surface area contributed by atoms with Gasteiger partial charge in [0.1, 0.15) is 17.2 Å². The molecule has 0 aliphatic heterocycles. The number of likely N-dealkylation sites (N-methyl/N-ethyl adjacent to an activating group) is 1. The van der Waals surface area contributed by atoms with Gasteiger partial charge < -0.3 is 19.1 Å². The maximum Gasteiger partial charge on any atom is 0.260 e. The van der Waals surface area contributed by atoms with Gasteiger partial charge in [0.25, 0.3) is 5.91 Å². The van der Waals surface area contributed by atoms with Gasteiger partial charge in [0.2, 0.25) is 0 Å². The van der Waals surface area contributed by atoms with Crippen LogP contribution in [-0.2, 0) is 11.3 Å². The minimum Gasteiger partial charge on any atom is -0.497 e. The summed E-state index contributed by atoms with van der Waals surface area (Å²) in [7, 11) is 5.01. The Bertz CT molecular complexity index is 938. The van der Waals surface area contributed by atoms with Crippen LogP contribution in [0.1, 0.15) is 5.56 Å². The van der Waals surface area contributed by atoms with Crippen LogP contribution in [0.25, 0.3) is 10.8 Å². The zero-order chi connectivity index (χ0) is 19.2. The lowest BCUT2D eigenvalue weighted by Gasteiger charge is -2.19. The van der Waals surface area contributed by atoms with Gasteiger partial charge in [0.05, 0.1) is 14.2 Å². The number of carbonyl (C=O) groups excluding carboxylic acids is 1. The van der Waals surface area contributed by atoms with E-state index >= 15 is 0 Å². The SMILES string of the molecule is COc1ccc2ccc(OCC(=O)N(C)Cc3ccccc3OC)cc2c1. The molecule has 0 saturated heterocycles. The summed E-state index contributed by atoms with van der Waals surface area (Å²) in [4.78, 5) is 14.1. The van der Waals surface area contributed by atoms with Gasteiger partial charge in [-0.15, -0.1) is 0 Å². The molecule has 0 heterocycles. The standard InChI is InChI=1S/C22H23NO4/c1-23(14-17-6-4-5-7-21(17)26-3)22(24)15-27-20-11-9-16-8-10-19(25-2)12-18(16)13-20/h4-13H,14-15H2,1-3H3. The third-order valence-corrected chi connectivity index (χ3v) is 4.41. The molecule has 0 aromatic heterocycles. The van der Waals surface area contributed by atoms with Crippen LogP contribution in [0, 0.1) is 0 Å². The van der Waals surface area contributed by atoms with Crippen molar-refractivity contribution >= 4 is 16.7 Å². The second-order valence-electron chi connectivity index (χ2n) is 6.23. The number of para-hydroxylation sites is 1. The van der Waals surface area contributed by atoms with Crippen LogP contribution in [0.4, 0.5) is 0 Å². The third-order valence-electron chi connectivity index (χ3n) is 4.41. The second-order valence-corrected chi connectivity index (χ2v) is 6.23. The molecule has 0 saturated carbocycles. The number of hydrogen-bond acceptors (Lipinski definition) is 4. The van der Waals surface area contributed by atoms with E-state index in [1.807, 2.05) is 60.7 Å². The number of rotatable bonds is 7. The van der Waals surface area contributed by atoms with E-state index in [-0.39, 0.29) is 12.5 Å². The molecule has 0 bridgehead atoms. The van der Waals surface area contributed by atoms with Gasteiger partial charge >= 0.3 is 0 Å². The Balaban J connectivity index is 1.63. The zero-order valence-electron chi connectivity index (χ0n) is 15.8.